The molecule has 0 bridgehead atoms. The lowest BCUT2D eigenvalue weighted by Gasteiger charge is -2.02. The van der Waals surface area contributed by atoms with Gasteiger partial charge >= 0.3 is 0 Å². The van der Waals surface area contributed by atoms with Crippen LogP contribution in [0.2, 0.25) is 0 Å². The van der Waals surface area contributed by atoms with Gasteiger partial charge in [-0.1, -0.05) is 0 Å². The summed E-state index contributed by atoms with van der Waals surface area (Å²) in [5.41, 5.74) is 1.76. The minimum absolute atomic E-state index is 0.249. The van der Waals surface area contributed by atoms with Crippen molar-refractivity contribution in [2.24, 2.45) is 0 Å². The second-order valence-electron chi connectivity index (χ2n) is 2.77. The van der Waals surface area contributed by atoms with Crippen molar-refractivity contribution in [3.05, 3.63) is 41.3 Å². The maximum atomic E-state index is 9.13. The Kier molecular flexibility index (Phi) is 2.45. The normalized spacial score (nSPS) is 10.1. The fourth-order valence-corrected chi connectivity index (χ4v) is 1.59. The number of hydrogen-bond acceptors (Lipinski definition) is 3. The van der Waals surface area contributed by atoms with Gasteiger partial charge in [0.1, 0.15) is 12.1 Å². The lowest BCUT2D eigenvalue weighted by molar-refractivity contribution is 0.475. The van der Waals surface area contributed by atoms with Gasteiger partial charge in [0.05, 0.1) is 10.2 Å². The Labute approximate surface area is 89.6 Å². The molecule has 70 valence electrons. The summed E-state index contributed by atoms with van der Waals surface area (Å²) in [6, 6.07) is 6.87. The molecule has 0 aliphatic rings. The predicted molar refractivity (Wildman–Crippen MR) is 56.8 cm³/mol. The highest BCUT2D eigenvalue weighted by Crippen LogP contribution is 2.25. The third-order valence-electron chi connectivity index (χ3n) is 1.81. The number of halogens is 1. The van der Waals surface area contributed by atoms with Crippen LogP contribution < -0.4 is 0 Å². The van der Waals surface area contributed by atoms with Crippen LogP contribution in [0.25, 0.3) is 11.3 Å². The van der Waals surface area contributed by atoms with Crippen LogP contribution in [0.4, 0.5) is 0 Å². The second-order valence-corrected chi connectivity index (χ2v) is 3.62. The Morgan fingerprint density at radius 2 is 1.86 bits per heavy atom. The highest BCUT2D eigenvalue weighted by atomic mass is 79.9. The first-order chi connectivity index (χ1) is 6.77. The van der Waals surface area contributed by atoms with Crippen LogP contribution in [0.5, 0.6) is 5.75 Å². The number of aromatic nitrogens is 2. The average Bonchev–Trinajstić information content (AvgIpc) is 2.20. The topological polar surface area (TPSA) is 46.0 Å². The second kappa shape index (κ2) is 3.75. The maximum Gasteiger partial charge on any atom is 0.116 e. The number of aromatic hydroxyl groups is 1. The van der Waals surface area contributed by atoms with Gasteiger partial charge in [0.15, 0.2) is 0 Å². The van der Waals surface area contributed by atoms with E-state index in [2.05, 4.69) is 25.9 Å². The number of phenolic OH excluding ortho intramolecular Hbond substituents is 1. The summed E-state index contributed by atoms with van der Waals surface area (Å²) in [6.45, 7) is 0. The zero-order chi connectivity index (χ0) is 9.97. The van der Waals surface area contributed by atoms with Crippen molar-refractivity contribution in [2.75, 3.05) is 0 Å². The van der Waals surface area contributed by atoms with Crippen molar-refractivity contribution >= 4 is 15.9 Å². The smallest absolute Gasteiger partial charge is 0.116 e. The van der Waals surface area contributed by atoms with Crippen molar-refractivity contribution in [3.8, 4) is 17.0 Å². The summed E-state index contributed by atoms with van der Waals surface area (Å²) in [7, 11) is 0. The largest absolute Gasteiger partial charge is 0.508 e. The fourth-order valence-electron chi connectivity index (χ4n) is 1.14. The summed E-state index contributed by atoms with van der Waals surface area (Å²) in [6.07, 6.45) is 3.18. The van der Waals surface area contributed by atoms with E-state index >= 15 is 0 Å². The number of rotatable bonds is 1. The molecule has 2 aromatic rings. The van der Waals surface area contributed by atoms with Gasteiger partial charge in [0, 0.05) is 11.8 Å². The van der Waals surface area contributed by atoms with E-state index in [9.17, 15) is 0 Å². The van der Waals surface area contributed by atoms with E-state index in [4.69, 9.17) is 5.11 Å². The molecule has 0 aliphatic heterocycles. The van der Waals surface area contributed by atoms with Crippen LogP contribution in [0.3, 0.4) is 0 Å². The van der Waals surface area contributed by atoms with Crippen LogP contribution in [0.15, 0.2) is 41.3 Å². The van der Waals surface area contributed by atoms with E-state index in [0.29, 0.717) is 0 Å². The van der Waals surface area contributed by atoms with Gasteiger partial charge in [0.25, 0.3) is 0 Å². The molecule has 0 amide bonds. The Morgan fingerprint density at radius 1 is 1.14 bits per heavy atom. The Hall–Kier alpha value is -1.42. The van der Waals surface area contributed by atoms with Crippen LogP contribution in [0, 0.1) is 0 Å². The molecule has 14 heavy (non-hydrogen) atoms. The average molecular weight is 251 g/mol. The van der Waals surface area contributed by atoms with E-state index < -0.39 is 0 Å². The molecular formula is C10H7BrN2O. The highest BCUT2D eigenvalue weighted by Gasteiger charge is 2.03. The molecular weight excluding hydrogens is 244 g/mol. The zero-order valence-electron chi connectivity index (χ0n) is 7.18. The van der Waals surface area contributed by atoms with Gasteiger partial charge in [-0.3, -0.25) is 0 Å². The molecule has 0 saturated carbocycles. The van der Waals surface area contributed by atoms with Gasteiger partial charge in [-0.15, -0.1) is 0 Å². The number of nitrogens with zero attached hydrogens (tertiary/aromatic N) is 2. The third-order valence-corrected chi connectivity index (χ3v) is 2.39. The first-order valence-electron chi connectivity index (χ1n) is 4.02. The minimum atomic E-state index is 0.249. The van der Waals surface area contributed by atoms with Gasteiger partial charge in [-0.25, -0.2) is 9.97 Å². The Balaban J connectivity index is 2.50. The number of phenols is 1. The standard InChI is InChI=1S/C10H7BrN2O/c11-9-5-12-6-13-10(9)7-1-3-8(14)4-2-7/h1-6,14H. The van der Waals surface area contributed by atoms with Crippen LogP contribution in [-0.2, 0) is 0 Å². The quantitative estimate of drug-likeness (QED) is 0.847. The lowest BCUT2D eigenvalue weighted by Crippen LogP contribution is -1.85. The summed E-state index contributed by atoms with van der Waals surface area (Å²) in [5.74, 6) is 0.249. The molecule has 2 rings (SSSR count). The predicted octanol–water partition coefficient (Wildman–Crippen LogP) is 2.61. The molecule has 1 aromatic heterocycles. The fraction of sp³-hybridized carbons (Fsp3) is 0. The van der Waals surface area contributed by atoms with E-state index in [0.717, 1.165) is 15.7 Å². The van der Waals surface area contributed by atoms with E-state index in [1.165, 1.54) is 6.33 Å². The molecule has 1 aromatic carbocycles. The zero-order valence-corrected chi connectivity index (χ0v) is 8.77. The Bertz CT molecular complexity index is 442. The molecule has 0 spiro atoms. The maximum absolute atomic E-state index is 9.13. The van der Waals surface area contributed by atoms with Crippen molar-refractivity contribution in [1.82, 2.24) is 9.97 Å². The first kappa shape index (κ1) is 9.15. The van der Waals surface area contributed by atoms with Crippen molar-refractivity contribution in [3.63, 3.8) is 0 Å². The van der Waals surface area contributed by atoms with E-state index in [-0.39, 0.29) is 5.75 Å². The van der Waals surface area contributed by atoms with Crippen molar-refractivity contribution in [2.45, 2.75) is 0 Å². The summed E-state index contributed by atoms with van der Waals surface area (Å²) in [5, 5.41) is 9.13. The van der Waals surface area contributed by atoms with Crippen LogP contribution in [0.1, 0.15) is 0 Å². The molecule has 0 unspecified atom stereocenters. The molecule has 1 heterocycles. The van der Waals surface area contributed by atoms with E-state index in [1.807, 2.05) is 12.1 Å². The summed E-state index contributed by atoms with van der Waals surface area (Å²) in [4.78, 5) is 8.02. The van der Waals surface area contributed by atoms with E-state index in [1.54, 1.807) is 18.3 Å². The van der Waals surface area contributed by atoms with Crippen LogP contribution >= 0.6 is 15.9 Å². The molecule has 0 fully saturated rings. The molecule has 0 saturated heterocycles. The summed E-state index contributed by atoms with van der Waals surface area (Å²) >= 11 is 3.36. The van der Waals surface area contributed by atoms with Crippen molar-refractivity contribution < 1.29 is 5.11 Å². The van der Waals surface area contributed by atoms with Crippen LogP contribution in [-0.4, -0.2) is 15.1 Å². The third kappa shape index (κ3) is 1.75. The molecule has 3 nitrogen and oxygen atoms in total. The SMILES string of the molecule is Oc1ccc(-c2ncncc2Br)cc1. The molecule has 4 heteroatoms. The minimum Gasteiger partial charge on any atom is -0.508 e. The molecule has 0 radical (unpaired) electrons. The first-order valence-corrected chi connectivity index (χ1v) is 4.81. The van der Waals surface area contributed by atoms with Crippen molar-refractivity contribution in [1.29, 1.82) is 0 Å². The number of hydrogen-bond donors (Lipinski definition) is 1. The van der Waals surface area contributed by atoms with Gasteiger partial charge < -0.3 is 5.11 Å². The Morgan fingerprint density at radius 3 is 2.50 bits per heavy atom. The van der Waals surface area contributed by atoms with Gasteiger partial charge in [-0.05, 0) is 40.2 Å². The monoisotopic (exact) mass is 250 g/mol. The molecule has 0 aliphatic carbocycles. The highest BCUT2D eigenvalue weighted by molar-refractivity contribution is 9.10. The molecule has 0 atom stereocenters. The lowest BCUT2D eigenvalue weighted by atomic mass is 10.1. The number of benzene rings is 1. The summed E-state index contributed by atoms with van der Waals surface area (Å²) < 4.78 is 0.839. The van der Waals surface area contributed by atoms with Gasteiger partial charge in [-0.2, -0.15) is 0 Å². The molecule has 1 N–H and O–H groups in total. The van der Waals surface area contributed by atoms with Gasteiger partial charge in [0.2, 0.25) is 0 Å².